The predicted molar refractivity (Wildman–Crippen MR) is 224 cm³/mol. The number of aromatic hydroxyl groups is 1. The lowest BCUT2D eigenvalue weighted by atomic mass is 10.2. The minimum Gasteiger partial charge on any atom is -0.504 e. The summed E-state index contributed by atoms with van der Waals surface area (Å²) in [4.78, 5) is 34.9. The lowest BCUT2D eigenvalue weighted by molar-refractivity contribution is -0.432. The summed E-state index contributed by atoms with van der Waals surface area (Å²) in [6, 6.07) is 18.1. The first kappa shape index (κ1) is 48.6. The number of sulfone groups is 1. The van der Waals surface area contributed by atoms with Crippen LogP contribution in [-0.4, -0.2) is 106 Å². The number of carboxylic acid groups (broad SMARTS) is 2. The summed E-state index contributed by atoms with van der Waals surface area (Å²) in [7, 11) is -14.0. The molecule has 0 atom stereocenters. The van der Waals surface area contributed by atoms with E-state index in [2.05, 4.69) is 59.9 Å². The Bertz CT molecular complexity index is 2930. The number of hydrogen-bond donors (Lipinski definition) is 9. The van der Waals surface area contributed by atoms with Gasteiger partial charge in [0.25, 0.3) is 10.1 Å². The van der Waals surface area contributed by atoms with Crippen LogP contribution in [0.3, 0.4) is 0 Å². The van der Waals surface area contributed by atoms with E-state index >= 15 is 0 Å². The van der Waals surface area contributed by atoms with Gasteiger partial charge in [0.05, 0.1) is 56.9 Å². The maximum Gasteiger partial charge on any atom is 0.397 e. The van der Waals surface area contributed by atoms with Crippen LogP contribution < -0.4 is 16.1 Å². The molecule has 0 saturated carbocycles. The molecule has 1 aromatic heterocycles. The summed E-state index contributed by atoms with van der Waals surface area (Å²) < 4.78 is 98.8. The van der Waals surface area contributed by atoms with E-state index < -0.39 is 88.4 Å². The topological polar surface area (TPSA) is 397 Å². The van der Waals surface area contributed by atoms with Gasteiger partial charge in [0.1, 0.15) is 5.69 Å². The van der Waals surface area contributed by atoms with Crippen molar-refractivity contribution in [2.45, 2.75) is 19.8 Å². The third kappa shape index (κ3) is 14.3. The number of phenols is 1. The smallest absolute Gasteiger partial charge is 0.397 e. The Morgan fingerprint density at radius 1 is 0.797 bits per heavy atom. The Morgan fingerprint density at radius 2 is 1.48 bits per heavy atom. The van der Waals surface area contributed by atoms with Crippen LogP contribution in [0.2, 0.25) is 0 Å². The quantitative estimate of drug-likeness (QED) is 0.00550. The summed E-state index contributed by atoms with van der Waals surface area (Å²) in [6.45, 7) is -0.862. The van der Waals surface area contributed by atoms with E-state index in [0.717, 1.165) is 24.3 Å². The van der Waals surface area contributed by atoms with Gasteiger partial charge in [-0.25, -0.2) is 22.7 Å². The van der Waals surface area contributed by atoms with Gasteiger partial charge in [-0.05, 0) is 54.6 Å². The minimum absolute atomic E-state index is 0.0931. The number of aromatic carboxylic acids is 1. The van der Waals surface area contributed by atoms with Crippen LogP contribution in [0.5, 0.6) is 5.75 Å². The van der Waals surface area contributed by atoms with Crippen LogP contribution in [0.15, 0.2) is 120 Å². The molecule has 5 rings (SSSR count). The highest BCUT2D eigenvalue weighted by Gasteiger charge is 2.21. The Kier molecular flexibility index (Phi) is 16.2. The number of anilines is 5. The maximum absolute atomic E-state index is 12.6. The van der Waals surface area contributed by atoms with Crippen molar-refractivity contribution in [3.8, 4) is 5.75 Å². The number of azo groups is 1. The highest BCUT2D eigenvalue weighted by atomic mass is 32.3. The molecule has 0 unspecified atom stereocenters. The molecule has 0 aliphatic carbocycles. The fraction of sp³-hybridized carbons (Fsp3) is 0.0909. The first-order valence-electron chi connectivity index (χ1n) is 17.0. The second kappa shape index (κ2) is 21.3. The molecule has 0 spiro atoms. The summed E-state index contributed by atoms with van der Waals surface area (Å²) in [5.41, 5.74) is 1.57. The summed E-state index contributed by atoms with van der Waals surface area (Å²) in [6.07, 6.45) is 0. The van der Waals surface area contributed by atoms with E-state index in [4.69, 9.17) is 9.81 Å². The number of aromatic nitrogens is 3. The monoisotopic (exact) mass is 983 g/mol. The van der Waals surface area contributed by atoms with Crippen molar-refractivity contribution in [1.82, 2.24) is 15.0 Å². The van der Waals surface area contributed by atoms with Gasteiger partial charge in [-0.1, -0.05) is 47.1 Å². The minimum atomic E-state index is -5.03. The number of phenolic OH excluding ortho intramolecular Hbond substituents is 1. The second-order valence-electron chi connectivity index (χ2n) is 12.0. The molecule has 5 aromatic rings. The molecule has 0 amide bonds. The molecule has 4 aromatic carbocycles. The number of hydrazone groups is 1. The average molecular weight is 984 g/mol. The fourth-order valence-corrected chi connectivity index (χ4v) is 7.76. The molecular formula is C33H29N9O17S5. The van der Waals surface area contributed by atoms with E-state index in [9.17, 15) is 54.7 Å². The Morgan fingerprint density at radius 3 is 2.11 bits per heavy atom. The lowest BCUT2D eigenvalue weighted by Crippen LogP contribution is -2.15. The van der Waals surface area contributed by atoms with Crippen molar-refractivity contribution in [1.29, 1.82) is 0 Å². The molecule has 26 nitrogen and oxygen atoms in total. The molecule has 0 aliphatic heterocycles. The van der Waals surface area contributed by atoms with Crippen LogP contribution in [0, 0.1) is 0 Å². The van der Waals surface area contributed by atoms with Crippen molar-refractivity contribution >= 4 is 107 Å². The number of benzene rings is 4. The number of carboxylic acids is 2. The van der Waals surface area contributed by atoms with Gasteiger partial charge >= 0.3 is 22.3 Å². The zero-order chi connectivity index (χ0) is 46.7. The van der Waals surface area contributed by atoms with Gasteiger partial charge in [0.2, 0.25) is 17.7 Å². The van der Waals surface area contributed by atoms with Crippen LogP contribution >= 0.6 is 23.8 Å². The third-order valence-electron chi connectivity index (χ3n) is 7.55. The number of aliphatic carboxylic acids is 1. The largest absolute Gasteiger partial charge is 0.504 e. The summed E-state index contributed by atoms with van der Waals surface area (Å²) in [5, 5.41) is 59.7. The Labute approximate surface area is 369 Å². The van der Waals surface area contributed by atoms with E-state index in [1.165, 1.54) is 42.5 Å². The second-order valence-corrected chi connectivity index (χ2v) is 18.3. The molecule has 1 heterocycles. The first-order chi connectivity index (χ1) is 30.2. The molecule has 338 valence electrons. The van der Waals surface area contributed by atoms with Gasteiger partial charge in [-0.15, -0.1) is 14.6 Å². The highest BCUT2D eigenvalue weighted by molar-refractivity contribution is 7.99. The lowest BCUT2D eigenvalue weighted by Gasteiger charge is -2.13. The molecule has 9 N–H and O–H groups in total. The fourth-order valence-electron chi connectivity index (χ4n) is 4.79. The number of rotatable bonds is 21. The number of thioether (sulfide) groups is 1. The van der Waals surface area contributed by atoms with Gasteiger partial charge < -0.3 is 26.0 Å². The van der Waals surface area contributed by atoms with Crippen molar-refractivity contribution in [3.63, 3.8) is 0 Å². The van der Waals surface area contributed by atoms with Gasteiger partial charge in [0.15, 0.2) is 20.7 Å². The Hall–Kier alpha value is -6.39. The molecule has 0 fully saturated rings. The summed E-state index contributed by atoms with van der Waals surface area (Å²) >= 11 is 1.16. The van der Waals surface area contributed by atoms with E-state index in [-0.39, 0.29) is 49.2 Å². The van der Waals surface area contributed by atoms with Crippen LogP contribution in [0.25, 0.3) is 0 Å². The third-order valence-corrected chi connectivity index (χ3v) is 11.9. The number of hydrogen-bond acceptors (Lipinski definition) is 23. The van der Waals surface area contributed by atoms with Crippen molar-refractivity contribution < 1.29 is 78.1 Å². The number of nitrogens with one attached hydrogen (secondary N) is 3. The number of carbonyl (C=O) groups is 2. The normalized spacial score (nSPS) is 12.3. The standard InChI is InChI=1S/C33H29N9O17S5/c43-27(44)17-60-33-37-31(34-19-6-9-21(10-7-19)62(49,50)13-12-57-64(54,55)56)36-32(38-33)35-25-15-22(63(51,52)53)16-26(28(25)45)40-42-29(18-4-2-1-3-5-18)41-39-24-14-20(61-59-58-48)8-11-23(24)30(46)47/h1-11,14-16,39,45,48H,12-13,17H2,(H,43,44)(H,46,47)(H,51,52,53)(H,54,55,56)(H2,34,35,36,37,38)/b41-29-,42-40?. The van der Waals surface area contributed by atoms with E-state index in [1.807, 2.05) is 0 Å². The van der Waals surface area contributed by atoms with Crippen LogP contribution in [0.1, 0.15) is 15.9 Å². The molecule has 0 aliphatic rings. The zero-order valence-corrected chi connectivity index (χ0v) is 35.7. The van der Waals surface area contributed by atoms with E-state index in [1.54, 1.807) is 18.2 Å². The first-order valence-corrected chi connectivity index (χ1v) is 23.2. The molecule has 0 bridgehead atoms. The maximum atomic E-state index is 12.6. The average Bonchev–Trinajstić information content (AvgIpc) is 3.22. The summed E-state index contributed by atoms with van der Waals surface area (Å²) in [5.74, 6) is -5.72. The van der Waals surface area contributed by atoms with Crippen molar-refractivity contribution in [2.75, 3.05) is 34.2 Å². The Balaban J connectivity index is 1.50. The molecule has 64 heavy (non-hydrogen) atoms. The van der Waals surface area contributed by atoms with Gasteiger partial charge in [-0.2, -0.15) is 36.9 Å². The van der Waals surface area contributed by atoms with E-state index in [0.29, 0.717) is 23.8 Å². The van der Waals surface area contributed by atoms with Crippen LogP contribution in [0.4, 0.5) is 34.6 Å². The van der Waals surface area contributed by atoms with Crippen molar-refractivity contribution in [2.24, 2.45) is 15.3 Å². The highest BCUT2D eigenvalue weighted by Crippen LogP contribution is 2.39. The number of amidine groups is 1. The zero-order valence-electron chi connectivity index (χ0n) is 31.6. The number of nitrogens with zero attached hydrogens (tertiary/aromatic N) is 6. The van der Waals surface area contributed by atoms with Gasteiger partial charge in [0, 0.05) is 16.1 Å². The van der Waals surface area contributed by atoms with Crippen molar-refractivity contribution in [3.05, 3.63) is 96.1 Å². The molecule has 0 saturated heterocycles. The molecular weight excluding hydrogens is 955 g/mol. The van der Waals surface area contributed by atoms with Crippen LogP contribution in [-0.2, 0) is 48.7 Å². The molecule has 31 heteroatoms. The SMILES string of the molecule is O=C(O)CSc1nc(Nc2ccc(S(=O)(=O)CCOS(=O)(=O)O)cc2)nc(Nc2cc(S(=O)(=O)O)cc(N=N/C(=N\Nc3cc(SOOO)ccc3C(=O)O)c3ccccc3)c2O)n1. The van der Waals surface area contributed by atoms with Gasteiger partial charge in [-0.3, -0.25) is 19.3 Å². The predicted octanol–water partition coefficient (Wildman–Crippen LogP) is 4.77. The molecule has 0 radical (unpaired) electrons.